The summed E-state index contributed by atoms with van der Waals surface area (Å²) >= 11 is 0. The van der Waals surface area contributed by atoms with Gasteiger partial charge in [0.05, 0.1) is 18.5 Å². The van der Waals surface area contributed by atoms with Gasteiger partial charge in [0, 0.05) is 0 Å². The maximum atomic E-state index is 10.4. The molecule has 1 saturated carbocycles. The van der Waals surface area contributed by atoms with E-state index in [2.05, 4.69) is 21.9 Å². The van der Waals surface area contributed by atoms with Crippen LogP contribution in [0.1, 0.15) is 26.2 Å². The summed E-state index contributed by atoms with van der Waals surface area (Å²) < 4.78 is 1.86. The molecule has 3 rings (SSSR count). The van der Waals surface area contributed by atoms with Crippen LogP contribution in [0.15, 0.2) is 12.7 Å². The van der Waals surface area contributed by atoms with Crippen LogP contribution in [0.3, 0.4) is 0 Å². The monoisotopic (exact) mass is 247 g/mol. The molecule has 0 spiro atoms. The van der Waals surface area contributed by atoms with Crippen molar-refractivity contribution in [1.82, 2.24) is 19.5 Å². The average molecular weight is 247 g/mol. The molecule has 2 heterocycles. The van der Waals surface area contributed by atoms with E-state index >= 15 is 0 Å². The van der Waals surface area contributed by atoms with Crippen molar-refractivity contribution in [3.8, 4) is 0 Å². The second kappa shape index (κ2) is 3.91. The van der Waals surface area contributed by atoms with E-state index in [1.54, 1.807) is 6.33 Å². The molecule has 2 atom stereocenters. The topological polar surface area (TPSA) is 89.8 Å². The van der Waals surface area contributed by atoms with Crippen molar-refractivity contribution >= 4 is 17.0 Å². The minimum atomic E-state index is -0.594. The number of aromatic nitrogens is 4. The predicted molar refractivity (Wildman–Crippen MR) is 67.7 cm³/mol. The van der Waals surface area contributed by atoms with Crippen LogP contribution in [0.4, 0.5) is 5.82 Å². The molecule has 0 radical (unpaired) electrons. The van der Waals surface area contributed by atoms with Gasteiger partial charge in [0.1, 0.15) is 11.8 Å². The number of aliphatic hydroxyl groups is 1. The van der Waals surface area contributed by atoms with Crippen molar-refractivity contribution in [2.45, 2.75) is 38.3 Å². The van der Waals surface area contributed by atoms with Crippen LogP contribution in [0, 0.1) is 5.92 Å². The van der Waals surface area contributed by atoms with Crippen molar-refractivity contribution in [2.24, 2.45) is 5.92 Å². The van der Waals surface area contributed by atoms with E-state index in [1.807, 2.05) is 4.57 Å². The number of fused-ring (bicyclic) bond motifs is 1. The molecule has 1 aliphatic rings. The molecule has 2 aromatic heterocycles. The number of rotatable bonds is 4. The molecule has 0 amide bonds. The van der Waals surface area contributed by atoms with E-state index in [1.165, 1.54) is 6.33 Å². The molecule has 0 saturated heterocycles. The van der Waals surface area contributed by atoms with Gasteiger partial charge in [-0.3, -0.25) is 0 Å². The zero-order chi connectivity index (χ0) is 12.8. The number of imidazole rings is 1. The SMILES string of the molecule is CCC[C@@H]1C[C@]1(O)Cn1cnc2c(N)ncnc21. The first kappa shape index (κ1) is 11.4. The normalized spacial score (nSPS) is 26.7. The molecule has 2 aromatic rings. The second-order valence-electron chi connectivity index (χ2n) is 5.10. The van der Waals surface area contributed by atoms with Crippen molar-refractivity contribution in [3.05, 3.63) is 12.7 Å². The number of anilines is 1. The Labute approximate surface area is 105 Å². The molecular formula is C12H17N5O. The predicted octanol–water partition coefficient (Wildman–Crippen LogP) is 0.960. The lowest BCUT2D eigenvalue weighted by Crippen LogP contribution is -2.19. The minimum absolute atomic E-state index is 0.381. The standard InChI is InChI=1S/C12H17N5O/c1-2-3-8-4-12(8,18)5-17-7-16-9-10(13)14-6-15-11(9)17/h6-8,18H,2-5H2,1H3,(H2,13,14,15)/t8-,12+/m1/s1. The lowest BCUT2D eigenvalue weighted by atomic mass is 10.1. The quantitative estimate of drug-likeness (QED) is 0.839. The summed E-state index contributed by atoms with van der Waals surface area (Å²) in [7, 11) is 0. The molecule has 6 heteroatoms. The van der Waals surface area contributed by atoms with Crippen LogP contribution in [-0.4, -0.2) is 30.2 Å². The summed E-state index contributed by atoms with van der Waals surface area (Å²) in [6.07, 6.45) is 6.14. The fraction of sp³-hybridized carbons (Fsp3) is 0.583. The van der Waals surface area contributed by atoms with Gasteiger partial charge in [-0.05, 0) is 18.8 Å². The number of nitrogens with zero attached hydrogens (tertiary/aromatic N) is 4. The zero-order valence-corrected chi connectivity index (χ0v) is 10.4. The van der Waals surface area contributed by atoms with Gasteiger partial charge in [0.2, 0.25) is 0 Å². The summed E-state index contributed by atoms with van der Waals surface area (Å²) in [6, 6.07) is 0. The lowest BCUT2D eigenvalue weighted by molar-refractivity contribution is 0.110. The van der Waals surface area contributed by atoms with Gasteiger partial charge in [0.15, 0.2) is 11.5 Å². The third-order valence-corrected chi connectivity index (χ3v) is 3.71. The van der Waals surface area contributed by atoms with E-state index in [0.29, 0.717) is 29.4 Å². The Morgan fingerprint density at radius 1 is 1.50 bits per heavy atom. The van der Waals surface area contributed by atoms with E-state index in [4.69, 9.17) is 5.73 Å². The molecule has 6 nitrogen and oxygen atoms in total. The fourth-order valence-electron chi connectivity index (χ4n) is 2.59. The average Bonchev–Trinajstić information content (AvgIpc) is 2.79. The summed E-state index contributed by atoms with van der Waals surface area (Å²) in [6.45, 7) is 2.67. The van der Waals surface area contributed by atoms with Gasteiger partial charge in [-0.1, -0.05) is 13.3 Å². The Morgan fingerprint density at radius 3 is 3.11 bits per heavy atom. The summed E-state index contributed by atoms with van der Waals surface area (Å²) in [4.78, 5) is 12.3. The van der Waals surface area contributed by atoms with Gasteiger partial charge in [-0.2, -0.15) is 0 Å². The number of hydrogen-bond donors (Lipinski definition) is 2. The largest absolute Gasteiger partial charge is 0.388 e. The van der Waals surface area contributed by atoms with E-state index in [9.17, 15) is 5.11 Å². The Balaban J connectivity index is 1.86. The molecule has 1 aliphatic carbocycles. The minimum Gasteiger partial charge on any atom is -0.388 e. The van der Waals surface area contributed by atoms with Crippen molar-refractivity contribution in [3.63, 3.8) is 0 Å². The first-order valence-electron chi connectivity index (χ1n) is 6.28. The Morgan fingerprint density at radius 2 is 2.33 bits per heavy atom. The number of nitrogens with two attached hydrogens (primary N) is 1. The van der Waals surface area contributed by atoms with Gasteiger partial charge in [-0.25, -0.2) is 15.0 Å². The van der Waals surface area contributed by atoms with Crippen molar-refractivity contribution < 1.29 is 5.11 Å². The van der Waals surface area contributed by atoms with Crippen LogP contribution in [-0.2, 0) is 6.54 Å². The summed E-state index contributed by atoms with van der Waals surface area (Å²) in [5.74, 6) is 0.783. The van der Waals surface area contributed by atoms with Crippen LogP contribution in [0.2, 0.25) is 0 Å². The summed E-state index contributed by atoms with van der Waals surface area (Å²) in [5.41, 5.74) is 6.44. The number of nitrogen functional groups attached to an aromatic ring is 1. The molecule has 3 N–H and O–H groups in total. The van der Waals surface area contributed by atoms with E-state index in [0.717, 1.165) is 19.3 Å². The van der Waals surface area contributed by atoms with Gasteiger partial charge < -0.3 is 15.4 Å². The first-order chi connectivity index (χ1) is 8.64. The molecule has 1 fully saturated rings. The Kier molecular flexibility index (Phi) is 2.48. The highest BCUT2D eigenvalue weighted by Gasteiger charge is 2.52. The highest BCUT2D eigenvalue weighted by molar-refractivity contribution is 5.81. The lowest BCUT2D eigenvalue weighted by Gasteiger charge is -2.11. The highest BCUT2D eigenvalue weighted by Crippen LogP contribution is 2.47. The molecule has 0 bridgehead atoms. The van der Waals surface area contributed by atoms with Gasteiger partial charge in [-0.15, -0.1) is 0 Å². The van der Waals surface area contributed by atoms with Gasteiger partial charge >= 0.3 is 0 Å². The maximum Gasteiger partial charge on any atom is 0.165 e. The Bertz CT molecular complexity index is 581. The Hall–Kier alpha value is -1.69. The zero-order valence-electron chi connectivity index (χ0n) is 10.4. The maximum absolute atomic E-state index is 10.4. The second-order valence-corrected chi connectivity index (χ2v) is 5.10. The van der Waals surface area contributed by atoms with Crippen LogP contribution >= 0.6 is 0 Å². The third-order valence-electron chi connectivity index (χ3n) is 3.71. The smallest absolute Gasteiger partial charge is 0.165 e. The van der Waals surface area contributed by atoms with E-state index < -0.39 is 5.60 Å². The first-order valence-corrected chi connectivity index (χ1v) is 6.28. The van der Waals surface area contributed by atoms with Crippen molar-refractivity contribution in [2.75, 3.05) is 5.73 Å². The fourth-order valence-corrected chi connectivity index (χ4v) is 2.59. The molecule has 18 heavy (non-hydrogen) atoms. The van der Waals surface area contributed by atoms with Crippen LogP contribution < -0.4 is 5.73 Å². The molecular weight excluding hydrogens is 230 g/mol. The molecule has 96 valence electrons. The van der Waals surface area contributed by atoms with Crippen LogP contribution in [0.25, 0.3) is 11.2 Å². The molecule has 0 unspecified atom stereocenters. The number of hydrogen-bond acceptors (Lipinski definition) is 5. The third kappa shape index (κ3) is 1.73. The molecule has 0 aromatic carbocycles. The van der Waals surface area contributed by atoms with Crippen LogP contribution in [0.5, 0.6) is 0 Å². The van der Waals surface area contributed by atoms with Crippen molar-refractivity contribution in [1.29, 1.82) is 0 Å². The summed E-state index contributed by atoms with van der Waals surface area (Å²) in [5, 5.41) is 10.4. The highest BCUT2D eigenvalue weighted by atomic mass is 16.3. The van der Waals surface area contributed by atoms with Gasteiger partial charge in [0.25, 0.3) is 0 Å². The molecule has 0 aliphatic heterocycles. The van der Waals surface area contributed by atoms with E-state index in [-0.39, 0.29) is 0 Å².